The highest BCUT2D eigenvalue weighted by atomic mass is 19.4. The number of aromatic nitrogens is 2. The Morgan fingerprint density at radius 1 is 1.08 bits per heavy atom. The van der Waals surface area contributed by atoms with E-state index in [0.717, 1.165) is 16.2 Å². The minimum absolute atomic E-state index is 0.0196. The molecule has 0 saturated heterocycles. The second-order valence-corrected chi connectivity index (χ2v) is 9.69. The van der Waals surface area contributed by atoms with Crippen LogP contribution in [0.2, 0.25) is 0 Å². The van der Waals surface area contributed by atoms with Crippen LogP contribution in [0.15, 0.2) is 39.9 Å². The second-order valence-electron chi connectivity index (χ2n) is 9.69. The van der Waals surface area contributed by atoms with E-state index in [4.69, 9.17) is 0 Å². The highest BCUT2D eigenvalue weighted by Gasteiger charge is 2.34. The number of fused-ring (bicyclic) bond motifs is 1. The Morgan fingerprint density at radius 2 is 1.76 bits per heavy atom. The Bertz CT molecular complexity index is 1540. The Morgan fingerprint density at radius 3 is 2.35 bits per heavy atom. The molecule has 194 valence electrons. The molecule has 1 fully saturated rings. The number of halogens is 3. The van der Waals surface area contributed by atoms with E-state index in [0.29, 0.717) is 36.6 Å². The second kappa shape index (κ2) is 9.88. The summed E-state index contributed by atoms with van der Waals surface area (Å²) in [7, 11) is 0. The summed E-state index contributed by atoms with van der Waals surface area (Å²) in [6, 6.07) is 8.36. The first-order valence-corrected chi connectivity index (χ1v) is 12.0. The maximum Gasteiger partial charge on any atom is 0.417 e. The molecule has 7 nitrogen and oxygen atoms in total. The Balaban J connectivity index is 1.87. The van der Waals surface area contributed by atoms with Gasteiger partial charge in [0.1, 0.15) is 6.07 Å². The molecule has 0 radical (unpaired) electrons. The van der Waals surface area contributed by atoms with Crippen molar-refractivity contribution in [1.82, 2.24) is 9.13 Å². The molecule has 10 heteroatoms. The molecule has 0 atom stereocenters. The van der Waals surface area contributed by atoms with Gasteiger partial charge in [-0.25, -0.2) is 4.79 Å². The van der Waals surface area contributed by atoms with Crippen LogP contribution in [0.4, 0.5) is 13.2 Å². The zero-order chi connectivity index (χ0) is 27.1. The number of hydrogen-bond acceptors (Lipinski definition) is 4. The van der Waals surface area contributed by atoms with Gasteiger partial charge >= 0.3 is 17.8 Å². The number of rotatable bonds is 5. The molecule has 1 heterocycles. The average molecular weight is 514 g/mol. The first-order valence-electron chi connectivity index (χ1n) is 12.0. The summed E-state index contributed by atoms with van der Waals surface area (Å²) in [6.07, 6.45) is -2.76. The van der Waals surface area contributed by atoms with E-state index in [1.807, 2.05) is 6.92 Å². The number of nitrogens with zero attached hydrogens (tertiary/aromatic N) is 3. The fourth-order valence-corrected chi connectivity index (χ4v) is 5.20. The van der Waals surface area contributed by atoms with Crippen molar-refractivity contribution in [1.29, 1.82) is 5.26 Å². The van der Waals surface area contributed by atoms with Crippen LogP contribution in [0.1, 0.15) is 53.5 Å². The molecule has 1 aromatic heterocycles. The van der Waals surface area contributed by atoms with Gasteiger partial charge < -0.3 is 5.11 Å². The zero-order valence-corrected chi connectivity index (χ0v) is 20.4. The molecule has 37 heavy (non-hydrogen) atoms. The highest BCUT2D eigenvalue weighted by Crippen LogP contribution is 2.33. The molecule has 3 aromatic rings. The fourth-order valence-electron chi connectivity index (χ4n) is 5.20. The van der Waals surface area contributed by atoms with Crippen molar-refractivity contribution in [2.75, 3.05) is 0 Å². The van der Waals surface area contributed by atoms with Crippen molar-refractivity contribution < 1.29 is 23.1 Å². The van der Waals surface area contributed by atoms with Gasteiger partial charge in [-0.1, -0.05) is 18.2 Å². The van der Waals surface area contributed by atoms with E-state index in [1.165, 1.54) is 16.7 Å². The molecule has 4 rings (SSSR count). The predicted octanol–water partition coefficient (Wildman–Crippen LogP) is 4.61. The van der Waals surface area contributed by atoms with Crippen LogP contribution in [0.3, 0.4) is 0 Å². The van der Waals surface area contributed by atoms with Gasteiger partial charge in [0.2, 0.25) is 0 Å². The Hall–Kier alpha value is -3.87. The maximum atomic E-state index is 13.7. The summed E-state index contributed by atoms with van der Waals surface area (Å²) in [5.41, 5.74) is -1.03. The van der Waals surface area contributed by atoms with Gasteiger partial charge in [-0.15, -0.1) is 0 Å². The molecule has 0 aliphatic heterocycles. The normalized spacial score (nSPS) is 18.1. The predicted molar refractivity (Wildman–Crippen MR) is 130 cm³/mol. The number of carbonyl (C=O) groups is 1. The number of benzene rings is 2. The molecule has 0 amide bonds. The lowest BCUT2D eigenvalue weighted by molar-refractivity contribution is -0.143. The van der Waals surface area contributed by atoms with Gasteiger partial charge in [0.25, 0.3) is 5.56 Å². The van der Waals surface area contributed by atoms with Gasteiger partial charge in [0.15, 0.2) is 0 Å². The first kappa shape index (κ1) is 26.2. The van der Waals surface area contributed by atoms with Crippen LogP contribution in [0, 0.1) is 37.0 Å². The SMILES string of the molecule is Cc1ccc2c(c1C)c(=O)n(CC1CCC(C(=O)O)CC1)c(=O)n2Cc1cccc(C(F)(F)F)c1C#N. The molecule has 1 aliphatic carbocycles. The number of aliphatic carboxylic acids is 1. The molecule has 1 N–H and O–H groups in total. The molecular weight excluding hydrogens is 487 g/mol. The minimum atomic E-state index is -4.74. The molecule has 2 aromatic carbocycles. The van der Waals surface area contributed by atoms with Crippen molar-refractivity contribution >= 4 is 16.9 Å². The Labute approximate surface area is 210 Å². The summed E-state index contributed by atoms with van der Waals surface area (Å²) in [4.78, 5) is 38.5. The van der Waals surface area contributed by atoms with Gasteiger partial charge in [-0.3, -0.25) is 18.7 Å². The summed E-state index contributed by atoms with van der Waals surface area (Å²) in [6.45, 7) is 3.33. The number of hydrogen-bond donors (Lipinski definition) is 1. The minimum Gasteiger partial charge on any atom is -0.481 e. The van der Waals surface area contributed by atoms with E-state index in [1.54, 1.807) is 25.1 Å². The van der Waals surface area contributed by atoms with Crippen molar-refractivity contribution in [3.05, 3.63) is 79.0 Å². The molecule has 0 spiro atoms. The topological polar surface area (TPSA) is 105 Å². The summed E-state index contributed by atoms with van der Waals surface area (Å²) in [5, 5.41) is 19.1. The Kier molecular flexibility index (Phi) is 7.00. The molecular formula is C27H26F3N3O4. The standard InChI is InChI=1S/C27H26F3N3O4/c1-15-6-11-22-23(16(15)2)24(34)33(13-17-7-9-18(10-8-17)25(35)36)26(37)32(22)14-19-4-3-5-21(20(19)12-31)27(28,29)30/h3-6,11,17-18H,7-10,13-14H2,1-2H3,(H,35,36). The molecule has 0 bridgehead atoms. The molecule has 0 unspecified atom stereocenters. The van der Waals surface area contributed by atoms with Gasteiger partial charge in [-0.2, -0.15) is 18.4 Å². The maximum absolute atomic E-state index is 13.7. The summed E-state index contributed by atoms with van der Waals surface area (Å²) in [5.74, 6) is -1.39. The van der Waals surface area contributed by atoms with Gasteiger partial charge in [0, 0.05) is 6.54 Å². The summed E-state index contributed by atoms with van der Waals surface area (Å²) < 4.78 is 43.0. The number of carboxylic acids is 1. The van der Waals surface area contributed by atoms with Crippen LogP contribution in [-0.4, -0.2) is 20.2 Å². The van der Waals surface area contributed by atoms with Crippen LogP contribution in [0.25, 0.3) is 10.9 Å². The lowest BCUT2D eigenvalue weighted by Gasteiger charge is -2.27. The van der Waals surface area contributed by atoms with Crippen LogP contribution in [0.5, 0.6) is 0 Å². The van der Waals surface area contributed by atoms with E-state index >= 15 is 0 Å². The average Bonchev–Trinajstić information content (AvgIpc) is 2.85. The number of alkyl halides is 3. The van der Waals surface area contributed by atoms with Crippen molar-refractivity contribution in [3.63, 3.8) is 0 Å². The smallest absolute Gasteiger partial charge is 0.417 e. The monoisotopic (exact) mass is 513 g/mol. The van der Waals surface area contributed by atoms with Crippen LogP contribution < -0.4 is 11.2 Å². The third kappa shape index (κ3) is 4.90. The van der Waals surface area contributed by atoms with E-state index in [-0.39, 0.29) is 30.1 Å². The molecule has 1 saturated carbocycles. The zero-order valence-electron chi connectivity index (χ0n) is 20.4. The van der Waals surface area contributed by atoms with Gasteiger partial charge in [0.05, 0.1) is 34.5 Å². The first-order chi connectivity index (χ1) is 17.4. The van der Waals surface area contributed by atoms with E-state index < -0.39 is 40.4 Å². The van der Waals surface area contributed by atoms with Crippen LogP contribution in [-0.2, 0) is 24.1 Å². The molecule has 1 aliphatic rings. The van der Waals surface area contributed by atoms with Crippen molar-refractivity contribution in [3.8, 4) is 6.07 Å². The van der Waals surface area contributed by atoms with Gasteiger partial charge in [-0.05, 0) is 74.3 Å². The third-order valence-corrected chi connectivity index (χ3v) is 7.46. The lowest BCUT2D eigenvalue weighted by Crippen LogP contribution is -2.42. The van der Waals surface area contributed by atoms with Crippen LogP contribution >= 0.6 is 0 Å². The number of aryl methyl sites for hydroxylation is 2. The summed E-state index contributed by atoms with van der Waals surface area (Å²) >= 11 is 0. The largest absolute Gasteiger partial charge is 0.481 e. The fraction of sp³-hybridized carbons (Fsp3) is 0.407. The lowest BCUT2D eigenvalue weighted by atomic mass is 9.82. The van der Waals surface area contributed by atoms with E-state index in [2.05, 4.69) is 0 Å². The highest BCUT2D eigenvalue weighted by molar-refractivity contribution is 5.83. The van der Waals surface area contributed by atoms with Crippen molar-refractivity contribution in [2.24, 2.45) is 11.8 Å². The van der Waals surface area contributed by atoms with E-state index in [9.17, 15) is 37.9 Å². The number of nitriles is 1. The number of carboxylic acid groups (broad SMARTS) is 1. The van der Waals surface area contributed by atoms with Crippen molar-refractivity contribution in [2.45, 2.75) is 58.8 Å². The quantitative estimate of drug-likeness (QED) is 0.537. The third-order valence-electron chi connectivity index (χ3n) is 7.46.